The third kappa shape index (κ3) is 2.54. The zero-order valence-corrected chi connectivity index (χ0v) is 12.2. The normalized spacial score (nSPS) is 13.9. The van der Waals surface area contributed by atoms with E-state index in [4.69, 9.17) is 4.74 Å². The Bertz CT molecular complexity index is 603. The maximum absolute atomic E-state index is 12.1. The molecule has 2 aromatic rings. The fourth-order valence-corrected chi connectivity index (χ4v) is 2.85. The SMILES string of the molecule is CCOc1ccc(-c2nc(C(=O)N3CCC3)cs2)cc1. The molecule has 3 rings (SSSR count). The predicted molar refractivity (Wildman–Crippen MR) is 79.2 cm³/mol. The van der Waals surface area contributed by atoms with Gasteiger partial charge in [-0.3, -0.25) is 4.79 Å². The molecule has 20 heavy (non-hydrogen) atoms. The van der Waals surface area contributed by atoms with Crippen LogP contribution in [0.1, 0.15) is 23.8 Å². The van der Waals surface area contributed by atoms with Crippen LogP contribution in [-0.4, -0.2) is 35.5 Å². The molecule has 104 valence electrons. The zero-order valence-electron chi connectivity index (χ0n) is 11.3. The second-order valence-corrected chi connectivity index (χ2v) is 5.50. The van der Waals surface area contributed by atoms with Gasteiger partial charge in [-0.1, -0.05) is 0 Å². The lowest BCUT2D eigenvalue weighted by Crippen LogP contribution is -2.42. The predicted octanol–water partition coefficient (Wildman–Crippen LogP) is 3.05. The average molecular weight is 288 g/mol. The van der Waals surface area contributed by atoms with Crippen LogP contribution in [0.3, 0.4) is 0 Å². The summed E-state index contributed by atoms with van der Waals surface area (Å²) in [5.41, 5.74) is 1.57. The highest BCUT2D eigenvalue weighted by Gasteiger charge is 2.23. The van der Waals surface area contributed by atoms with Crippen LogP contribution in [0.4, 0.5) is 0 Å². The zero-order chi connectivity index (χ0) is 13.9. The number of amides is 1. The van der Waals surface area contributed by atoms with E-state index in [9.17, 15) is 4.79 Å². The molecule has 1 saturated heterocycles. The van der Waals surface area contributed by atoms with Crippen molar-refractivity contribution in [3.8, 4) is 16.3 Å². The summed E-state index contributed by atoms with van der Waals surface area (Å²) in [6.07, 6.45) is 1.10. The molecule has 0 saturated carbocycles. The lowest BCUT2D eigenvalue weighted by Gasteiger charge is -2.30. The Morgan fingerprint density at radius 1 is 1.35 bits per heavy atom. The maximum atomic E-state index is 12.1. The van der Waals surface area contributed by atoms with E-state index in [1.54, 1.807) is 0 Å². The summed E-state index contributed by atoms with van der Waals surface area (Å²) in [5.74, 6) is 0.898. The van der Waals surface area contributed by atoms with Gasteiger partial charge in [0.25, 0.3) is 5.91 Å². The molecule has 1 aromatic carbocycles. The van der Waals surface area contributed by atoms with Crippen molar-refractivity contribution in [2.45, 2.75) is 13.3 Å². The standard InChI is InChI=1S/C15H16N2O2S/c1-2-19-12-6-4-11(5-7-12)14-16-13(10-20-14)15(18)17-8-3-9-17/h4-7,10H,2-3,8-9H2,1H3. The second kappa shape index (κ2) is 5.63. The Labute approximate surface area is 122 Å². The number of likely N-dealkylation sites (tertiary alicyclic amines) is 1. The number of ether oxygens (including phenoxy) is 1. The third-order valence-corrected chi connectivity index (χ3v) is 4.17. The van der Waals surface area contributed by atoms with Gasteiger partial charge in [0.05, 0.1) is 6.61 Å². The number of benzene rings is 1. The van der Waals surface area contributed by atoms with E-state index in [-0.39, 0.29) is 5.91 Å². The largest absolute Gasteiger partial charge is 0.494 e. The molecule has 0 N–H and O–H groups in total. The molecule has 1 amide bonds. The van der Waals surface area contributed by atoms with Crippen LogP contribution in [0.25, 0.3) is 10.6 Å². The van der Waals surface area contributed by atoms with E-state index in [1.807, 2.05) is 41.5 Å². The van der Waals surface area contributed by atoms with Gasteiger partial charge < -0.3 is 9.64 Å². The van der Waals surface area contributed by atoms with Gasteiger partial charge in [0.2, 0.25) is 0 Å². The van der Waals surface area contributed by atoms with Gasteiger partial charge in [-0.25, -0.2) is 4.98 Å². The number of nitrogens with zero attached hydrogens (tertiary/aromatic N) is 2. The van der Waals surface area contributed by atoms with Crippen molar-refractivity contribution in [2.24, 2.45) is 0 Å². The number of aromatic nitrogens is 1. The molecule has 1 aromatic heterocycles. The van der Waals surface area contributed by atoms with E-state index in [0.717, 1.165) is 35.8 Å². The molecule has 0 spiro atoms. The first-order chi connectivity index (χ1) is 9.78. The van der Waals surface area contributed by atoms with E-state index in [2.05, 4.69) is 4.98 Å². The molecule has 1 aliphatic heterocycles. The first-order valence-electron chi connectivity index (χ1n) is 6.76. The van der Waals surface area contributed by atoms with Gasteiger partial charge in [-0.15, -0.1) is 11.3 Å². The summed E-state index contributed by atoms with van der Waals surface area (Å²) in [6.45, 7) is 4.33. The fourth-order valence-electron chi connectivity index (χ4n) is 2.05. The highest BCUT2D eigenvalue weighted by molar-refractivity contribution is 7.13. The number of carbonyl (C=O) groups excluding carboxylic acids is 1. The van der Waals surface area contributed by atoms with E-state index in [0.29, 0.717) is 12.3 Å². The molecule has 0 aliphatic carbocycles. The van der Waals surface area contributed by atoms with Gasteiger partial charge in [0.1, 0.15) is 16.5 Å². The number of rotatable bonds is 4. The molecule has 1 aliphatic rings. The molecule has 4 nitrogen and oxygen atoms in total. The Hall–Kier alpha value is -1.88. The number of hydrogen-bond donors (Lipinski definition) is 0. The lowest BCUT2D eigenvalue weighted by atomic mass is 10.2. The summed E-state index contributed by atoms with van der Waals surface area (Å²) in [5, 5.41) is 2.71. The van der Waals surface area contributed by atoms with Crippen LogP contribution in [0.5, 0.6) is 5.75 Å². The van der Waals surface area contributed by atoms with Crippen molar-refractivity contribution in [3.05, 3.63) is 35.3 Å². The summed E-state index contributed by atoms with van der Waals surface area (Å²) in [4.78, 5) is 18.3. The van der Waals surface area contributed by atoms with E-state index >= 15 is 0 Å². The van der Waals surface area contributed by atoms with E-state index in [1.165, 1.54) is 11.3 Å². The molecular formula is C15H16N2O2S. The van der Waals surface area contributed by atoms with Crippen molar-refractivity contribution in [1.29, 1.82) is 0 Å². The minimum Gasteiger partial charge on any atom is -0.494 e. The lowest BCUT2D eigenvalue weighted by molar-refractivity contribution is 0.0646. The number of hydrogen-bond acceptors (Lipinski definition) is 4. The molecule has 0 radical (unpaired) electrons. The van der Waals surface area contributed by atoms with Crippen LogP contribution < -0.4 is 4.74 Å². The minimum atomic E-state index is 0.0460. The Kier molecular flexibility index (Phi) is 3.69. The van der Waals surface area contributed by atoms with Gasteiger partial charge in [-0.2, -0.15) is 0 Å². The molecule has 0 bridgehead atoms. The summed E-state index contributed by atoms with van der Waals surface area (Å²) < 4.78 is 5.42. The van der Waals surface area contributed by atoms with Gasteiger partial charge in [0, 0.05) is 24.0 Å². The van der Waals surface area contributed by atoms with Crippen LogP contribution in [-0.2, 0) is 0 Å². The number of carbonyl (C=O) groups is 1. The average Bonchev–Trinajstić information content (AvgIpc) is 2.87. The number of thiazole rings is 1. The summed E-state index contributed by atoms with van der Waals surface area (Å²) in [7, 11) is 0. The first-order valence-corrected chi connectivity index (χ1v) is 7.64. The maximum Gasteiger partial charge on any atom is 0.273 e. The van der Waals surface area contributed by atoms with Crippen molar-refractivity contribution >= 4 is 17.2 Å². The quantitative estimate of drug-likeness (QED) is 0.868. The summed E-state index contributed by atoms with van der Waals surface area (Å²) >= 11 is 1.50. The van der Waals surface area contributed by atoms with E-state index < -0.39 is 0 Å². The molecule has 0 unspecified atom stereocenters. The molecule has 2 heterocycles. The van der Waals surface area contributed by atoms with Crippen molar-refractivity contribution in [1.82, 2.24) is 9.88 Å². The van der Waals surface area contributed by atoms with Gasteiger partial charge >= 0.3 is 0 Å². The van der Waals surface area contributed by atoms with Gasteiger partial charge in [0.15, 0.2) is 0 Å². The minimum absolute atomic E-state index is 0.0460. The molecular weight excluding hydrogens is 272 g/mol. The highest BCUT2D eigenvalue weighted by Crippen LogP contribution is 2.26. The monoisotopic (exact) mass is 288 g/mol. The Morgan fingerprint density at radius 2 is 2.10 bits per heavy atom. The first kappa shape index (κ1) is 13.1. The summed E-state index contributed by atoms with van der Waals surface area (Å²) in [6, 6.07) is 7.80. The van der Waals surface area contributed by atoms with Crippen LogP contribution >= 0.6 is 11.3 Å². The Balaban J connectivity index is 1.77. The van der Waals surface area contributed by atoms with Crippen molar-refractivity contribution in [3.63, 3.8) is 0 Å². The molecule has 0 atom stereocenters. The highest BCUT2D eigenvalue weighted by atomic mass is 32.1. The molecule has 5 heteroatoms. The fraction of sp³-hybridized carbons (Fsp3) is 0.333. The molecule has 1 fully saturated rings. The van der Waals surface area contributed by atoms with Gasteiger partial charge in [-0.05, 0) is 37.6 Å². The van der Waals surface area contributed by atoms with Crippen LogP contribution in [0.2, 0.25) is 0 Å². The Morgan fingerprint density at radius 3 is 2.70 bits per heavy atom. The third-order valence-electron chi connectivity index (χ3n) is 3.28. The van der Waals surface area contributed by atoms with Crippen LogP contribution in [0, 0.1) is 0 Å². The van der Waals surface area contributed by atoms with Crippen LogP contribution in [0.15, 0.2) is 29.6 Å². The van der Waals surface area contributed by atoms with Crippen molar-refractivity contribution in [2.75, 3.05) is 19.7 Å². The second-order valence-electron chi connectivity index (χ2n) is 4.64. The topological polar surface area (TPSA) is 42.4 Å². The van der Waals surface area contributed by atoms with Crippen molar-refractivity contribution < 1.29 is 9.53 Å². The smallest absolute Gasteiger partial charge is 0.273 e.